The van der Waals surface area contributed by atoms with Crippen molar-refractivity contribution in [3.05, 3.63) is 77.9 Å². The summed E-state index contributed by atoms with van der Waals surface area (Å²) in [5.74, 6) is -0.402. The Morgan fingerprint density at radius 2 is 1.65 bits per heavy atom. The number of hydrogen-bond acceptors (Lipinski definition) is 2. The third kappa shape index (κ3) is 4.37. The van der Waals surface area contributed by atoms with Gasteiger partial charge in [0.05, 0.1) is 0 Å². The van der Waals surface area contributed by atoms with Crippen molar-refractivity contribution in [2.75, 3.05) is 0 Å². The lowest BCUT2D eigenvalue weighted by atomic mass is 10.2. The molecule has 0 aliphatic heterocycles. The van der Waals surface area contributed by atoms with Crippen LogP contribution in [0.15, 0.2) is 66.7 Å². The number of carbonyl (C=O) groups is 1. The zero-order valence-electron chi connectivity index (χ0n) is 11.1. The smallest absolute Gasteiger partial charge is 0.253 e. The van der Waals surface area contributed by atoms with E-state index < -0.39 is 12.0 Å². The molecule has 0 aliphatic carbocycles. The fourth-order valence-corrected chi connectivity index (χ4v) is 1.74. The van der Waals surface area contributed by atoms with Crippen LogP contribution in [0.5, 0.6) is 0 Å². The Morgan fingerprint density at radius 3 is 2.30 bits per heavy atom. The van der Waals surface area contributed by atoms with Gasteiger partial charge in [-0.15, -0.1) is 0 Å². The maximum Gasteiger partial charge on any atom is 0.253 e. The van der Waals surface area contributed by atoms with Crippen molar-refractivity contribution < 1.29 is 9.90 Å². The van der Waals surface area contributed by atoms with Crippen LogP contribution in [0.4, 0.5) is 0 Å². The van der Waals surface area contributed by atoms with Crippen LogP contribution in [0.2, 0.25) is 0 Å². The molecular weight excluding hydrogens is 250 g/mol. The summed E-state index contributed by atoms with van der Waals surface area (Å²) < 4.78 is 0. The highest BCUT2D eigenvalue weighted by molar-refractivity contribution is 5.83. The Morgan fingerprint density at radius 1 is 1.05 bits per heavy atom. The van der Waals surface area contributed by atoms with E-state index >= 15 is 0 Å². The van der Waals surface area contributed by atoms with Crippen LogP contribution in [0.1, 0.15) is 11.1 Å². The summed E-state index contributed by atoms with van der Waals surface area (Å²) in [6, 6.07) is 19.1. The lowest BCUT2D eigenvalue weighted by Crippen LogP contribution is -2.32. The molecule has 0 spiro atoms. The SMILES string of the molecule is O=C(NCc1ccccc1)[C@H](O)/C=C/c1ccccc1. The third-order valence-corrected chi connectivity index (χ3v) is 2.85. The van der Waals surface area contributed by atoms with Crippen LogP contribution >= 0.6 is 0 Å². The molecule has 0 unspecified atom stereocenters. The molecule has 2 aromatic carbocycles. The Kier molecular flexibility index (Phi) is 5.09. The van der Waals surface area contributed by atoms with Crippen LogP contribution in [0, 0.1) is 0 Å². The van der Waals surface area contributed by atoms with E-state index in [-0.39, 0.29) is 0 Å². The first-order chi connectivity index (χ1) is 9.75. The molecule has 20 heavy (non-hydrogen) atoms. The maximum absolute atomic E-state index is 11.7. The van der Waals surface area contributed by atoms with Crippen LogP contribution in [-0.4, -0.2) is 17.1 Å². The molecule has 102 valence electrons. The number of aliphatic hydroxyl groups excluding tert-OH is 1. The first-order valence-electron chi connectivity index (χ1n) is 6.48. The van der Waals surface area contributed by atoms with E-state index in [0.29, 0.717) is 6.54 Å². The zero-order valence-corrected chi connectivity index (χ0v) is 11.1. The molecule has 2 N–H and O–H groups in total. The predicted octanol–water partition coefficient (Wildman–Crippen LogP) is 2.38. The average molecular weight is 267 g/mol. The van der Waals surface area contributed by atoms with E-state index in [1.54, 1.807) is 6.08 Å². The van der Waals surface area contributed by atoms with E-state index in [1.165, 1.54) is 6.08 Å². The molecule has 0 heterocycles. The van der Waals surface area contributed by atoms with Gasteiger partial charge in [0.15, 0.2) is 6.10 Å². The summed E-state index contributed by atoms with van der Waals surface area (Å²) in [4.78, 5) is 11.7. The van der Waals surface area contributed by atoms with Gasteiger partial charge in [-0.1, -0.05) is 66.7 Å². The van der Waals surface area contributed by atoms with Crippen molar-refractivity contribution >= 4 is 12.0 Å². The number of amides is 1. The minimum Gasteiger partial charge on any atom is -0.379 e. The Labute approximate surface area is 118 Å². The summed E-state index contributed by atoms with van der Waals surface area (Å²) in [7, 11) is 0. The number of aliphatic hydroxyl groups is 1. The van der Waals surface area contributed by atoms with Gasteiger partial charge in [0.2, 0.25) is 0 Å². The van der Waals surface area contributed by atoms with Gasteiger partial charge in [0.25, 0.3) is 5.91 Å². The average Bonchev–Trinajstić information content (AvgIpc) is 2.52. The van der Waals surface area contributed by atoms with Gasteiger partial charge in [-0.05, 0) is 17.2 Å². The lowest BCUT2D eigenvalue weighted by molar-refractivity contribution is -0.127. The quantitative estimate of drug-likeness (QED) is 0.874. The number of benzene rings is 2. The second-order valence-corrected chi connectivity index (χ2v) is 4.42. The number of rotatable bonds is 5. The van der Waals surface area contributed by atoms with E-state index in [9.17, 15) is 9.90 Å². The zero-order chi connectivity index (χ0) is 14.2. The standard InChI is InChI=1S/C17H17NO2/c19-16(12-11-14-7-3-1-4-8-14)17(20)18-13-15-9-5-2-6-10-15/h1-12,16,19H,13H2,(H,18,20)/b12-11+/t16-/m1/s1. The second kappa shape index (κ2) is 7.26. The maximum atomic E-state index is 11.7. The van der Waals surface area contributed by atoms with Gasteiger partial charge >= 0.3 is 0 Å². The largest absolute Gasteiger partial charge is 0.379 e. The van der Waals surface area contributed by atoms with E-state index in [1.807, 2.05) is 60.7 Å². The van der Waals surface area contributed by atoms with Crippen molar-refractivity contribution in [1.82, 2.24) is 5.32 Å². The molecule has 3 heteroatoms. The monoisotopic (exact) mass is 267 g/mol. The number of carbonyl (C=O) groups excluding carboxylic acids is 1. The van der Waals surface area contributed by atoms with Gasteiger partial charge in [-0.25, -0.2) is 0 Å². The van der Waals surface area contributed by atoms with E-state index in [4.69, 9.17) is 0 Å². The van der Waals surface area contributed by atoms with E-state index in [2.05, 4.69) is 5.32 Å². The van der Waals surface area contributed by atoms with Crippen LogP contribution in [0.25, 0.3) is 6.08 Å². The van der Waals surface area contributed by atoms with Crippen molar-refractivity contribution in [3.63, 3.8) is 0 Å². The molecule has 0 aliphatic rings. The highest BCUT2D eigenvalue weighted by Crippen LogP contribution is 2.03. The normalized spacial score (nSPS) is 12.2. The van der Waals surface area contributed by atoms with Crippen molar-refractivity contribution in [1.29, 1.82) is 0 Å². The first-order valence-corrected chi connectivity index (χ1v) is 6.48. The van der Waals surface area contributed by atoms with Gasteiger partial charge in [-0.3, -0.25) is 4.79 Å². The summed E-state index contributed by atoms with van der Waals surface area (Å²) in [6.45, 7) is 0.413. The molecule has 2 rings (SSSR count). The fourth-order valence-electron chi connectivity index (χ4n) is 1.74. The third-order valence-electron chi connectivity index (χ3n) is 2.85. The molecule has 0 aromatic heterocycles. The van der Waals surface area contributed by atoms with Crippen molar-refractivity contribution in [3.8, 4) is 0 Å². The first kappa shape index (κ1) is 14.0. The second-order valence-electron chi connectivity index (χ2n) is 4.42. The van der Waals surface area contributed by atoms with Crippen LogP contribution in [-0.2, 0) is 11.3 Å². The molecule has 0 saturated carbocycles. The molecule has 0 saturated heterocycles. The van der Waals surface area contributed by atoms with Crippen LogP contribution in [0.3, 0.4) is 0 Å². The topological polar surface area (TPSA) is 49.3 Å². The van der Waals surface area contributed by atoms with Gasteiger partial charge < -0.3 is 10.4 Å². The summed E-state index contributed by atoms with van der Waals surface area (Å²) in [5.41, 5.74) is 1.95. The molecule has 1 atom stereocenters. The molecule has 0 radical (unpaired) electrons. The molecule has 2 aromatic rings. The minimum atomic E-state index is -1.14. The lowest BCUT2D eigenvalue weighted by Gasteiger charge is -2.08. The minimum absolute atomic E-state index is 0.402. The fraction of sp³-hybridized carbons (Fsp3) is 0.118. The Balaban J connectivity index is 1.85. The molecule has 0 fully saturated rings. The highest BCUT2D eigenvalue weighted by atomic mass is 16.3. The summed E-state index contributed by atoms with van der Waals surface area (Å²) in [6.07, 6.45) is 2.07. The molecular formula is C17H17NO2. The number of hydrogen-bond donors (Lipinski definition) is 2. The van der Waals surface area contributed by atoms with Crippen LogP contribution < -0.4 is 5.32 Å². The van der Waals surface area contributed by atoms with Gasteiger partial charge in [-0.2, -0.15) is 0 Å². The molecule has 3 nitrogen and oxygen atoms in total. The Bertz CT molecular complexity index is 564. The van der Waals surface area contributed by atoms with Crippen molar-refractivity contribution in [2.24, 2.45) is 0 Å². The molecule has 0 bridgehead atoms. The highest BCUT2D eigenvalue weighted by Gasteiger charge is 2.10. The van der Waals surface area contributed by atoms with Gasteiger partial charge in [0, 0.05) is 6.54 Å². The van der Waals surface area contributed by atoms with Gasteiger partial charge in [0.1, 0.15) is 0 Å². The predicted molar refractivity (Wildman–Crippen MR) is 79.8 cm³/mol. The van der Waals surface area contributed by atoms with E-state index in [0.717, 1.165) is 11.1 Å². The number of nitrogens with one attached hydrogen (secondary N) is 1. The summed E-state index contributed by atoms with van der Waals surface area (Å²) in [5, 5.41) is 12.5. The Hall–Kier alpha value is -2.39. The summed E-state index contributed by atoms with van der Waals surface area (Å²) >= 11 is 0. The van der Waals surface area contributed by atoms with Crippen molar-refractivity contribution in [2.45, 2.75) is 12.6 Å². The molecule has 1 amide bonds.